The van der Waals surface area contributed by atoms with Gasteiger partial charge in [-0.3, -0.25) is 9.20 Å². The molecule has 0 N–H and O–H groups in total. The van der Waals surface area contributed by atoms with Crippen LogP contribution in [0.4, 0.5) is 0 Å². The Bertz CT molecular complexity index is 982. The van der Waals surface area contributed by atoms with Gasteiger partial charge in [0.15, 0.2) is 0 Å². The lowest BCUT2D eigenvalue weighted by atomic mass is 10.2. The molecule has 0 amide bonds. The van der Waals surface area contributed by atoms with Gasteiger partial charge in [0.05, 0.1) is 4.90 Å². The summed E-state index contributed by atoms with van der Waals surface area (Å²) in [6.45, 7) is 3.53. The van der Waals surface area contributed by atoms with Crippen LogP contribution in [0.2, 0.25) is 0 Å². The lowest BCUT2D eigenvalue weighted by molar-refractivity contribution is 0.588. The molecule has 2 heterocycles. The van der Waals surface area contributed by atoms with E-state index in [2.05, 4.69) is 4.98 Å². The van der Waals surface area contributed by atoms with Gasteiger partial charge in [-0.25, -0.2) is 17.4 Å². The van der Waals surface area contributed by atoms with Gasteiger partial charge in [0, 0.05) is 24.2 Å². The predicted octanol–water partition coefficient (Wildman–Crippen LogP) is 1.35. The molecule has 108 valence electrons. The highest BCUT2D eigenvalue weighted by Gasteiger charge is 2.20. The Kier molecular flexibility index (Phi) is 2.94. The Morgan fingerprint density at radius 2 is 1.71 bits per heavy atom. The van der Waals surface area contributed by atoms with Crippen molar-refractivity contribution in [2.75, 3.05) is 0 Å². The molecule has 0 bridgehead atoms. The first-order valence-corrected chi connectivity index (χ1v) is 7.73. The molecule has 0 atom stereocenters. The number of aryl methyl sites for hydroxylation is 2. The van der Waals surface area contributed by atoms with Gasteiger partial charge in [-0.15, -0.1) is 0 Å². The summed E-state index contributed by atoms with van der Waals surface area (Å²) in [6.07, 6.45) is 2.73. The van der Waals surface area contributed by atoms with Crippen LogP contribution in [0.5, 0.6) is 0 Å². The molecule has 21 heavy (non-hydrogen) atoms. The number of benzene rings is 1. The van der Waals surface area contributed by atoms with Crippen molar-refractivity contribution in [3.8, 4) is 0 Å². The molecular weight excluding hydrogens is 290 g/mol. The molecule has 0 radical (unpaired) electrons. The van der Waals surface area contributed by atoms with Gasteiger partial charge in [-0.2, -0.15) is 0 Å². The minimum atomic E-state index is -3.78. The summed E-state index contributed by atoms with van der Waals surface area (Å²) in [6, 6.07) is 7.88. The fourth-order valence-electron chi connectivity index (χ4n) is 2.09. The van der Waals surface area contributed by atoms with Gasteiger partial charge in [0.25, 0.3) is 15.6 Å². The summed E-state index contributed by atoms with van der Waals surface area (Å²) >= 11 is 0. The van der Waals surface area contributed by atoms with E-state index in [4.69, 9.17) is 0 Å². The molecule has 0 aliphatic heterocycles. The second-order valence-corrected chi connectivity index (χ2v) is 6.63. The van der Waals surface area contributed by atoms with Crippen LogP contribution < -0.4 is 5.56 Å². The van der Waals surface area contributed by atoms with Crippen LogP contribution in [-0.4, -0.2) is 21.8 Å². The second kappa shape index (κ2) is 4.56. The number of fused-ring (bicyclic) bond motifs is 1. The Hall–Kier alpha value is -2.41. The molecule has 0 fully saturated rings. The fourth-order valence-corrected chi connectivity index (χ4v) is 3.36. The SMILES string of the molecule is Cc1ccc(S(=O)(=O)n2ccn3c(=O)cc(C)nc23)cc1. The monoisotopic (exact) mass is 303 g/mol. The van der Waals surface area contributed by atoms with Crippen LogP contribution in [-0.2, 0) is 10.0 Å². The van der Waals surface area contributed by atoms with Gasteiger partial charge in [0.1, 0.15) is 0 Å². The van der Waals surface area contributed by atoms with Crippen molar-refractivity contribution >= 4 is 15.8 Å². The summed E-state index contributed by atoms with van der Waals surface area (Å²) in [5, 5.41) is 0. The molecular formula is C14H13N3O3S. The minimum Gasteiger partial charge on any atom is -0.269 e. The maximum absolute atomic E-state index is 12.7. The molecule has 3 aromatic rings. The quantitative estimate of drug-likeness (QED) is 0.716. The van der Waals surface area contributed by atoms with Gasteiger partial charge in [-0.05, 0) is 26.0 Å². The zero-order chi connectivity index (χ0) is 15.2. The molecule has 6 nitrogen and oxygen atoms in total. The van der Waals surface area contributed by atoms with E-state index in [1.165, 1.54) is 35.0 Å². The lowest BCUT2D eigenvalue weighted by Crippen LogP contribution is -2.18. The zero-order valence-corrected chi connectivity index (χ0v) is 12.3. The van der Waals surface area contributed by atoms with Crippen molar-refractivity contribution in [1.29, 1.82) is 0 Å². The average Bonchev–Trinajstić information content (AvgIpc) is 2.83. The van der Waals surface area contributed by atoms with Crippen molar-refractivity contribution in [2.45, 2.75) is 18.7 Å². The highest BCUT2D eigenvalue weighted by atomic mass is 32.2. The van der Waals surface area contributed by atoms with Crippen LogP contribution in [0, 0.1) is 13.8 Å². The number of hydrogen-bond acceptors (Lipinski definition) is 4. The van der Waals surface area contributed by atoms with E-state index in [1.807, 2.05) is 6.92 Å². The first-order valence-electron chi connectivity index (χ1n) is 6.29. The van der Waals surface area contributed by atoms with Crippen molar-refractivity contribution in [1.82, 2.24) is 13.4 Å². The summed E-state index contributed by atoms with van der Waals surface area (Å²) in [7, 11) is -3.78. The summed E-state index contributed by atoms with van der Waals surface area (Å²) in [5.74, 6) is 0.0839. The normalized spacial score (nSPS) is 11.9. The van der Waals surface area contributed by atoms with E-state index in [0.29, 0.717) is 5.69 Å². The first-order chi connectivity index (χ1) is 9.89. The highest BCUT2D eigenvalue weighted by molar-refractivity contribution is 7.90. The molecule has 2 aromatic heterocycles. The summed E-state index contributed by atoms with van der Waals surface area (Å²) < 4.78 is 27.5. The van der Waals surface area contributed by atoms with E-state index in [0.717, 1.165) is 9.54 Å². The minimum absolute atomic E-state index is 0.0839. The highest BCUT2D eigenvalue weighted by Crippen LogP contribution is 2.16. The molecule has 3 rings (SSSR count). The number of hydrogen-bond donors (Lipinski definition) is 0. The second-order valence-electron chi connectivity index (χ2n) is 4.82. The van der Waals surface area contributed by atoms with E-state index >= 15 is 0 Å². The number of rotatable bonds is 2. The first kappa shape index (κ1) is 13.6. The van der Waals surface area contributed by atoms with Crippen LogP contribution in [0.1, 0.15) is 11.3 Å². The Morgan fingerprint density at radius 3 is 2.38 bits per heavy atom. The molecule has 0 saturated carbocycles. The molecule has 0 spiro atoms. The van der Waals surface area contributed by atoms with Gasteiger partial charge in [0.2, 0.25) is 5.78 Å². The number of imidazole rings is 1. The molecule has 0 aliphatic carbocycles. The van der Waals surface area contributed by atoms with Crippen molar-refractivity contribution in [3.05, 3.63) is 64.3 Å². The Morgan fingerprint density at radius 1 is 1.05 bits per heavy atom. The third kappa shape index (κ3) is 2.15. The summed E-state index contributed by atoms with van der Waals surface area (Å²) in [5.41, 5.74) is 1.13. The van der Waals surface area contributed by atoms with Gasteiger partial charge in [-0.1, -0.05) is 17.7 Å². The number of aromatic nitrogens is 3. The molecule has 7 heteroatoms. The van der Waals surface area contributed by atoms with E-state index < -0.39 is 10.0 Å². The number of nitrogens with zero attached hydrogens (tertiary/aromatic N) is 3. The van der Waals surface area contributed by atoms with Crippen molar-refractivity contribution in [2.24, 2.45) is 0 Å². The molecule has 0 aliphatic rings. The van der Waals surface area contributed by atoms with Gasteiger partial charge >= 0.3 is 0 Å². The molecule has 0 saturated heterocycles. The van der Waals surface area contributed by atoms with Gasteiger partial charge < -0.3 is 0 Å². The van der Waals surface area contributed by atoms with Crippen LogP contribution in [0.3, 0.4) is 0 Å². The molecule has 1 aromatic carbocycles. The Balaban J connectivity index is 2.29. The van der Waals surface area contributed by atoms with E-state index in [-0.39, 0.29) is 16.2 Å². The van der Waals surface area contributed by atoms with Crippen molar-refractivity contribution in [3.63, 3.8) is 0 Å². The Labute approximate surface area is 121 Å². The summed E-state index contributed by atoms with van der Waals surface area (Å²) in [4.78, 5) is 16.1. The topological polar surface area (TPSA) is 73.4 Å². The van der Waals surface area contributed by atoms with E-state index in [1.54, 1.807) is 19.1 Å². The largest absolute Gasteiger partial charge is 0.270 e. The third-order valence-electron chi connectivity index (χ3n) is 3.19. The average molecular weight is 303 g/mol. The predicted molar refractivity (Wildman–Crippen MR) is 78.0 cm³/mol. The standard InChI is InChI=1S/C14H13N3O3S/c1-10-3-5-12(6-4-10)21(19,20)17-8-7-16-13(18)9-11(2)15-14(16)17/h3-9H,1-2H3. The smallest absolute Gasteiger partial charge is 0.269 e. The van der Waals surface area contributed by atoms with Crippen molar-refractivity contribution < 1.29 is 8.42 Å². The molecule has 0 unspecified atom stereocenters. The van der Waals surface area contributed by atoms with Crippen LogP contribution in [0.15, 0.2) is 52.4 Å². The third-order valence-corrected chi connectivity index (χ3v) is 4.86. The fraction of sp³-hybridized carbons (Fsp3) is 0.143. The van der Waals surface area contributed by atoms with Crippen LogP contribution >= 0.6 is 0 Å². The maximum Gasteiger partial charge on any atom is 0.270 e. The lowest BCUT2D eigenvalue weighted by Gasteiger charge is -2.07. The maximum atomic E-state index is 12.7. The zero-order valence-electron chi connectivity index (χ0n) is 11.5. The van der Waals surface area contributed by atoms with E-state index in [9.17, 15) is 13.2 Å². The van der Waals surface area contributed by atoms with Crippen LogP contribution in [0.25, 0.3) is 5.78 Å².